The first-order valence-electron chi connectivity index (χ1n) is 24.3. The number of aliphatic carboxylic acids is 1. The van der Waals surface area contributed by atoms with Gasteiger partial charge in [-0.2, -0.15) is 0 Å². The Balaban J connectivity index is 0.000000247. The highest BCUT2D eigenvalue weighted by Crippen LogP contribution is 2.30. The molecule has 3 N–H and O–H groups in total. The summed E-state index contributed by atoms with van der Waals surface area (Å²) in [7, 11) is 2.61. The van der Waals surface area contributed by atoms with E-state index in [-0.39, 0.29) is 46.9 Å². The van der Waals surface area contributed by atoms with Crippen LogP contribution in [0.2, 0.25) is 15.1 Å². The van der Waals surface area contributed by atoms with Crippen LogP contribution in [0.25, 0.3) is 22.5 Å². The molecule has 0 saturated heterocycles. The second-order valence-electron chi connectivity index (χ2n) is 16.8. The van der Waals surface area contributed by atoms with Gasteiger partial charge in [-0.05, 0) is 116 Å². The van der Waals surface area contributed by atoms with Crippen molar-refractivity contribution in [2.75, 3.05) is 46.0 Å². The summed E-state index contributed by atoms with van der Waals surface area (Å²) < 4.78 is 52.2. The van der Waals surface area contributed by atoms with Crippen molar-refractivity contribution in [3.05, 3.63) is 189 Å². The SMILES string of the molecule is COC(=O)COc1ccc(OCC(N)=O)cc1C.COC(=O)COc1ccc(OCc2nc(-c3ccccc3Cl)co2)cc1C.Cc1cc(OCc2nc(-c3ccccc3Cl)co2)ccc1OCC(=O)O.O=C(CBr)c1ccccc1Cl.[2HH]. The number of nitrogens with zero attached hydrogens (tertiary/aromatic N) is 2. The van der Waals surface area contributed by atoms with Gasteiger partial charge in [0.2, 0.25) is 11.8 Å². The number of alkyl halides is 1. The molecular formula is C59H57BrCl3N3O16. The first-order valence-corrected chi connectivity index (χ1v) is 26.6. The molecule has 0 aliphatic heterocycles. The third kappa shape index (κ3) is 21.2. The molecule has 23 heteroatoms. The molecule has 432 valence electrons. The minimum atomic E-state index is -1.03. The highest BCUT2D eigenvalue weighted by Gasteiger charge is 2.14. The summed E-state index contributed by atoms with van der Waals surface area (Å²) in [4.78, 5) is 63.1. The van der Waals surface area contributed by atoms with E-state index < -0.39 is 23.8 Å². The molecular weight excluding hydrogens is 1190 g/mol. The van der Waals surface area contributed by atoms with E-state index in [1.54, 1.807) is 98.1 Å². The van der Waals surface area contributed by atoms with Gasteiger partial charge in [0.25, 0.3) is 5.91 Å². The lowest BCUT2D eigenvalue weighted by molar-refractivity contribution is -0.143. The van der Waals surface area contributed by atoms with Crippen molar-refractivity contribution in [2.45, 2.75) is 34.0 Å². The Hall–Kier alpha value is -8.56. The van der Waals surface area contributed by atoms with Crippen molar-refractivity contribution in [2.24, 2.45) is 5.73 Å². The van der Waals surface area contributed by atoms with Gasteiger partial charge in [-0.1, -0.05) is 99.3 Å². The molecule has 8 aromatic rings. The van der Waals surface area contributed by atoms with Crippen LogP contribution in [-0.4, -0.2) is 90.7 Å². The summed E-state index contributed by atoms with van der Waals surface area (Å²) in [5, 5.41) is 10.7. The van der Waals surface area contributed by atoms with Crippen LogP contribution in [0.15, 0.2) is 149 Å². The van der Waals surface area contributed by atoms with Crippen molar-refractivity contribution >= 4 is 80.3 Å². The lowest BCUT2D eigenvalue weighted by Gasteiger charge is -2.10. The highest BCUT2D eigenvalue weighted by molar-refractivity contribution is 9.09. The number of ether oxygens (including phenoxy) is 8. The lowest BCUT2D eigenvalue weighted by atomic mass is 10.1. The number of halogens is 4. The Kier molecular flexibility index (Phi) is 26.1. The third-order valence-electron chi connectivity index (χ3n) is 10.7. The molecule has 0 aliphatic rings. The van der Waals surface area contributed by atoms with Crippen molar-refractivity contribution < 1.29 is 77.2 Å². The van der Waals surface area contributed by atoms with E-state index >= 15 is 0 Å². The number of carboxylic acids is 1. The fourth-order valence-corrected chi connectivity index (χ4v) is 7.70. The van der Waals surface area contributed by atoms with Gasteiger partial charge in [-0.3, -0.25) is 9.59 Å². The molecule has 2 aromatic heterocycles. The molecule has 0 fully saturated rings. The molecule has 2 heterocycles. The van der Waals surface area contributed by atoms with Crippen LogP contribution in [0.3, 0.4) is 0 Å². The highest BCUT2D eigenvalue weighted by atomic mass is 79.9. The monoisotopic (exact) mass is 1250 g/mol. The number of methoxy groups -OCH3 is 2. The number of nitrogens with two attached hydrogens (primary N) is 1. The number of carboxylic acid groups (broad SMARTS) is 1. The first-order chi connectivity index (χ1) is 39.4. The van der Waals surface area contributed by atoms with E-state index in [1.807, 2.05) is 56.3 Å². The number of carbonyl (C=O) groups is 5. The predicted octanol–water partition coefficient (Wildman–Crippen LogP) is 12.4. The molecule has 0 aliphatic carbocycles. The Bertz CT molecular complexity index is 3430. The van der Waals surface area contributed by atoms with E-state index in [1.165, 1.54) is 20.5 Å². The number of benzene rings is 6. The molecule has 6 aromatic carbocycles. The van der Waals surface area contributed by atoms with Crippen LogP contribution in [0.4, 0.5) is 0 Å². The molecule has 1 amide bonds. The number of rotatable bonds is 22. The second kappa shape index (κ2) is 33.3. The normalized spacial score (nSPS) is 10.2. The third-order valence-corrected chi connectivity index (χ3v) is 12.2. The maximum absolute atomic E-state index is 11.2. The molecule has 0 atom stereocenters. The van der Waals surface area contributed by atoms with E-state index in [0.717, 1.165) is 27.8 Å². The van der Waals surface area contributed by atoms with Crippen molar-refractivity contribution in [1.29, 1.82) is 0 Å². The number of amides is 1. The number of hydrogen-bond acceptors (Lipinski definition) is 17. The molecule has 8 rings (SSSR count). The first kappa shape index (κ1) is 64.3. The molecule has 82 heavy (non-hydrogen) atoms. The van der Waals surface area contributed by atoms with Gasteiger partial charge in [0.1, 0.15) is 58.4 Å². The fourth-order valence-electron chi connectivity index (χ4n) is 6.70. The quantitative estimate of drug-likeness (QED) is 0.0363. The summed E-state index contributed by atoms with van der Waals surface area (Å²) in [6.45, 7) is 4.93. The summed E-state index contributed by atoms with van der Waals surface area (Å²) >= 11 is 21.2. The number of carbonyl (C=O) groups excluding carboxylic acids is 4. The molecule has 19 nitrogen and oxygen atoms in total. The van der Waals surface area contributed by atoms with Gasteiger partial charge in [-0.25, -0.2) is 24.4 Å². The summed E-state index contributed by atoms with van der Waals surface area (Å²) in [5.74, 6) is 1.79. The van der Waals surface area contributed by atoms with Crippen molar-refractivity contribution in [3.63, 3.8) is 0 Å². The zero-order chi connectivity index (χ0) is 59.6. The van der Waals surface area contributed by atoms with Crippen LogP contribution >= 0.6 is 50.7 Å². The average molecular weight is 1250 g/mol. The molecule has 0 bridgehead atoms. The number of primary amides is 1. The van der Waals surface area contributed by atoms with Crippen molar-refractivity contribution in [1.82, 2.24) is 9.97 Å². The second-order valence-corrected chi connectivity index (χ2v) is 18.6. The lowest BCUT2D eigenvalue weighted by Crippen LogP contribution is -2.20. The largest absolute Gasteiger partial charge is 0.484 e. The van der Waals surface area contributed by atoms with Gasteiger partial charge in [0.05, 0.1) is 34.6 Å². The number of Topliss-reactive ketones (excluding diaryl/α,β-unsaturated/α-hetero) is 1. The number of aryl methyl sites for hydroxylation is 3. The minimum absolute atomic E-state index is 0. The summed E-state index contributed by atoms with van der Waals surface area (Å²) in [5.41, 5.74) is 10.8. The number of oxazole rings is 2. The summed E-state index contributed by atoms with van der Waals surface area (Å²) in [6.07, 6.45) is 3.09. The van der Waals surface area contributed by atoms with Crippen LogP contribution in [0, 0.1) is 20.8 Å². The van der Waals surface area contributed by atoms with Crippen LogP contribution in [0.5, 0.6) is 34.5 Å². The predicted molar refractivity (Wildman–Crippen MR) is 311 cm³/mol. The van der Waals surface area contributed by atoms with Gasteiger partial charge >= 0.3 is 17.9 Å². The Labute approximate surface area is 496 Å². The maximum Gasteiger partial charge on any atom is 0.343 e. The van der Waals surface area contributed by atoms with E-state index in [9.17, 15) is 24.0 Å². The molecule has 0 radical (unpaired) electrons. The number of esters is 2. The number of hydrogen-bond donors (Lipinski definition) is 2. The van der Waals surface area contributed by atoms with Crippen LogP contribution in [0.1, 0.15) is 40.3 Å². The zero-order valence-electron chi connectivity index (χ0n) is 44.8. The number of ketones is 1. The Morgan fingerprint density at radius 1 is 0.537 bits per heavy atom. The van der Waals surface area contributed by atoms with E-state index in [0.29, 0.717) is 83.6 Å². The van der Waals surface area contributed by atoms with Gasteiger partial charge in [0.15, 0.2) is 45.4 Å². The van der Waals surface area contributed by atoms with Gasteiger partial charge < -0.3 is 57.6 Å². The maximum atomic E-state index is 11.2. The molecule has 0 spiro atoms. The van der Waals surface area contributed by atoms with Gasteiger partial charge in [0, 0.05) is 18.1 Å². The van der Waals surface area contributed by atoms with Gasteiger partial charge in [-0.15, -0.1) is 0 Å². The van der Waals surface area contributed by atoms with E-state index in [4.69, 9.17) is 82.9 Å². The topological polar surface area (TPSA) is 257 Å². The fraction of sp³-hybridized carbons (Fsp3) is 0.203. The van der Waals surface area contributed by atoms with Crippen LogP contribution in [-0.2, 0) is 41.9 Å². The zero-order valence-corrected chi connectivity index (χ0v) is 48.6. The smallest absolute Gasteiger partial charge is 0.343 e. The van der Waals surface area contributed by atoms with Crippen LogP contribution < -0.4 is 34.2 Å². The number of aromatic nitrogens is 2. The van der Waals surface area contributed by atoms with E-state index in [2.05, 4.69) is 35.4 Å². The minimum Gasteiger partial charge on any atom is -0.484 e. The van der Waals surface area contributed by atoms with Crippen molar-refractivity contribution in [3.8, 4) is 57.0 Å². The standard InChI is InChI=1S/C20H18ClNO5.C19H16ClNO5.C12H15NO5.C8H6BrClO.H2/c1-13-9-14(7-8-18(13)26-12-20(23)24-2)25-11-19-22-17(10-27-19)15-5-3-4-6-16(15)21;1-12-8-13(6-7-17(12)25-11-19(22)23)24-10-18-21-16(9-26-18)14-4-2-3-5-15(14)20;1-8-5-9(17-6-11(13)14)3-4-10(8)18-7-12(15)16-2;9-5-8(11)6-3-1-2-4-7(6)10;/h3-10H,11-12H2,1-2H3;2-9H,10-11H2,1H3,(H,22,23);3-5H,6-7H2,1-2H3,(H2,13,14);1-4H,5H2;1H/i;;;;1+1. The average Bonchev–Trinajstić information content (AvgIpc) is 4.21. The molecule has 0 saturated carbocycles. The Morgan fingerprint density at radius 2 is 0.927 bits per heavy atom. The molecule has 0 unspecified atom stereocenters. The Morgan fingerprint density at radius 3 is 1.29 bits per heavy atom. The summed E-state index contributed by atoms with van der Waals surface area (Å²) in [6, 6.07) is 37.2.